The number of H-pyrrole nitrogens is 1. The van der Waals surface area contributed by atoms with Crippen LogP contribution in [0.15, 0.2) is 47.0 Å². The topological polar surface area (TPSA) is 167 Å². The number of fused-ring (bicyclic) bond motifs is 1. The number of carbonyl (C=O) groups is 1. The van der Waals surface area contributed by atoms with Crippen molar-refractivity contribution in [2.24, 2.45) is 16.8 Å². The SMILES string of the molecule is CC1=C(C(=O)Nc2ccc3[nH]nc(-c4cc(N5CCOCC5)ncn4)c3c2)[C@@H](C)N(N)/C(=N\N)N1C. The van der Waals surface area contributed by atoms with Crippen LogP contribution in [0.4, 0.5) is 11.5 Å². The van der Waals surface area contributed by atoms with E-state index in [9.17, 15) is 4.79 Å². The van der Waals surface area contributed by atoms with Crippen molar-refractivity contribution >= 4 is 34.3 Å². The highest BCUT2D eigenvalue weighted by Gasteiger charge is 2.34. The third kappa shape index (κ3) is 4.07. The molecule has 1 fully saturated rings. The maximum Gasteiger partial charge on any atom is 0.255 e. The van der Waals surface area contributed by atoms with Gasteiger partial charge in [-0.3, -0.25) is 14.9 Å². The van der Waals surface area contributed by atoms with Crippen LogP contribution in [0, 0.1) is 0 Å². The first-order valence-corrected chi connectivity index (χ1v) is 11.6. The van der Waals surface area contributed by atoms with Gasteiger partial charge in [0, 0.05) is 43.0 Å². The van der Waals surface area contributed by atoms with Crippen LogP contribution in [0.1, 0.15) is 13.8 Å². The van der Waals surface area contributed by atoms with E-state index >= 15 is 0 Å². The van der Waals surface area contributed by atoms with Crippen LogP contribution in [-0.2, 0) is 9.53 Å². The molecule has 0 spiro atoms. The number of hydrazone groups is 1. The lowest BCUT2D eigenvalue weighted by molar-refractivity contribution is -0.113. The third-order valence-electron chi connectivity index (χ3n) is 6.67. The number of nitrogens with one attached hydrogen (secondary N) is 2. The highest BCUT2D eigenvalue weighted by molar-refractivity contribution is 6.08. The monoisotopic (exact) mass is 491 g/mol. The van der Waals surface area contributed by atoms with Gasteiger partial charge in [0.25, 0.3) is 5.91 Å². The van der Waals surface area contributed by atoms with Crippen LogP contribution in [0.5, 0.6) is 0 Å². The van der Waals surface area contributed by atoms with Crippen LogP contribution < -0.4 is 21.9 Å². The Hall–Kier alpha value is -4.23. The molecule has 2 aromatic heterocycles. The molecule has 3 aromatic rings. The Morgan fingerprint density at radius 1 is 1.25 bits per heavy atom. The van der Waals surface area contributed by atoms with E-state index in [-0.39, 0.29) is 5.91 Å². The summed E-state index contributed by atoms with van der Waals surface area (Å²) in [5.74, 6) is 12.6. The molecule has 5 rings (SSSR count). The number of aromatic amines is 1. The average Bonchev–Trinajstić information content (AvgIpc) is 3.32. The third-order valence-corrected chi connectivity index (χ3v) is 6.67. The Morgan fingerprint density at radius 2 is 2.03 bits per heavy atom. The summed E-state index contributed by atoms with van der Waals surface area (Å²) in [6.45, 7) is 6.54. The molecule has 1 amide bonds. The van der Waals surface area contributed by atoms with E-state index in [0.29, 0.717) is 47.5 Å². The highest BCUT2D eigenvalue weighted by atomic mass is 16.5. The smallest absolute Gasteiger partial charge is 0.255 e. The molecule has 13 nitrogen and oxygen atoms in total. The van der Waals surface area contributed by atoms with Gasteiger partial charge in [-0.25, -0.2) is 15.8 Å². The zero-order valence-corrected chi connectivity index (χ0v) is 20.4. The number of anilines is 2. The Bertz CT molecular complexity index is 1360. The number of aromatic nitrogens is 4. The molecule has 4 heterocycles. The van der Waals surface area contributed by atoms with E-state index in [1.807, 2.05) is 38.1 Å². The lowest BCUT2D eigenvalue weighted by atomic mass is 10.0. The first kappa shape index (κ1) is 23.5. The zero-order chi connectivity index (χ0) is 25.4. The quantitative estimate of drug-likeness (QED) is 0.303. The molecule has 188 valence electrons. The maximum atomic E-state index is 13.3. The number of nitrogens with two attached hydrogens (primary N) is 2. The second-order valence-electron chi connectivity index (χ2n) is 8.72. The van der Waals surface area contributed by atoms with Gasteiger partial charge < -0.3 is 25.7 Å². The highest BCUT2D eigenvalue weighted by Crippen LogP contribution is 2.30. The number of nitrogens with zero attached hydrogens (tertiary/aromatic N) is 7. The summed E-state index contributed by atoms with van der Waals surface area (Å²) in [7, 11) is 1.76. The Kier molecular flexibility index (Phi) is 6.16. The largest absolute Gasteiger partial charge is 0.378 e. The van der Waals surface area contributed by atoms with Gasteiger partial charge in [-0.1, -0.05) is 0 Å². The van der Waals surface area contributed by atoms with Crippen molar-refractivity contribution in [3.63, 3.8) is 0 Å². The number of hydrazine groups is 1. The van der Waals surface area contributed by atoms with Crippen LogP contribution in [0.3, 0.4) is 0 Å². The van der Waals surface area contributed by atoms with E-state index in [0.717, 1.165) is 29.8 Å². The molecule has 0 radical (unpaired) electrons. The minimum atomic E-state index is -0.420. The molecular formula is C23H29N11O2. The number of hydrogen-bond donors (Lipinski definition) is 4. The van der Waals surface area contributed by atoms with Crippen molar-refractivity contribution in [2.75, 3.05) is 43.6 Å². The van der Waals surface area contributed by atoms with Gasteiger partial charge in [-0.05, 0) is 32.0 Å². The summed E-state index contributed by atoms with van der Waals surface area (Å²) >= 11 is 0. The van der Waals surface area contributed by atoms with Crippen molar-refractivity contribution < 1.29 is 9.53 Å². The van der Waals surface area contributed by atoms with E-state index in [4.69, 9.17) is 16.4 Å². The number of ether oxygens (including phenoxy) is 1. The van der Waals surface area contributed by atoms with Crippen LogP contribution >= 0.6 is 0 Å². The predicted octanol–water partition coefficient (Wildman–Crippen LogP) is 0.808. The van der Waals surface area contributed by atoms with E-state index in [2.05, 4.69) is 35.5 Å². The Morgan fingerprint density at radius 3 is 2.78 bits per heavy atom. The Balaban J connectivity index is 1.44. The molecule has 36 heavy (non-hydrogen) atoms. The Labute approximate surface area is 207 Å². The normalized spacial score (nSPS) is 19.9. The standard InChI is InChI=1S/C23H29N11O2/c1-13-20(14(2)34(25)23(29-24)32(13)3)22(35)28-15-4-5-17-16(10-15)21(31-30-17)18-11-19(27-12-26-18)33-6-8-36-9-7-33/h4-5,10-12,14H,6-9,24-25H2,1-3H3,(H,28,35)(H,30,31)/b29-23-/t14-/m1/s1. The average molecular weight is 492 g/mol. The molecule has 13 heteroatoms. The predicted molar refractivity (Wildman–Crippen MR) is 136 cm³/mol. The fourth-order valence-electron chi connectivity index (χ4n) is 4.55. The van der Waals surface area contributed by atoms with Gasteiger partial charge >= 0.3 is 0 Å². The number of guanidine groups is 1. The van der Waals surface area contributed by atoms with Gasteiger partial charge in [0.1, 0.15) is 17.8 Å². The number of rotatable bonds is 4. The van der Waals surface area contributed by atoms with Crippen molar-refractivity contribution in [2.45, 2.75) is 19.9 Å². The molecule has 2 aliphatic heterocycles. The second-order valence-corrected chi connectivity index (χ2v) is 8.72. The van der Waals surface area contributed by atoms with E-state index in [1.54, 1.807) is 18.3 Å². The van der Waals surface area contributed by atoms with Crippen LogP contribution in [0.25, 0.3) is 22.3 Å². The van der Waals surface area contributed by atoms with Gasteiger partial charge in [0.15, 0.2) is 0 Å². The summed E-state index contributed by atoms with van der Waals surface area (Å²) in [5, 5.41) is 16.5. The minimum absolute atomic E-state index is 0.264. The summed E-state index contributed by atoms with van der Waals surface area (Å²) in [5.41, 5.74) is 4.05. The van der Waals surface area contributed by atoms with Crippen molar-refractivity contribution in [3.05, 3.63) is 41.9 Å². The summed E-state index contributed by atoms with van der Waals surface area (Å²) in [6, 6.07) is 7.07. The van der Waals surface area contributed by atoms with Crippen molar-refractivity contribution in [1.29, 1.82) is 0 Å². The molecule has 0 saturated carbocycles. The zero-order valence-electron chi connectivity index (χ0n) is 20.4. The van der Waals surface area contributed by atoms with Gasteiger partial charge in [0.05, 0.1) is 36.0 Å². The number of morpholine rings is 1. The molecule has 0 aliphatic carbocycles. The van der Waals surface area contributed by atoms with Crippen LogP contribution in [0.2, 0.25) is 0 Å². The summed E-state index contributed by atoms with van der Waals surface area (Å²) in [6.07, 6.45) is 1.54. The number of allylic oxidation sites excluding steroid dienone is 1. The number of hydrogen-bond acceptors (Lipinski definition) is 9. The lowest BCUT2D eigenvalue weighted by Crippen LogP contribution is -2.57. The molecule has 6 N–H and O–H groups in total. The number of amides is 1. The van der Waals surface area contributed by atoms with Crippen molar-refractivity contribution in [1.82, 2.24) is 30.1 Å². The van der Waals surface area contributed by atoms with Gasteiger partial charge in [-0.2, -0.15) is 5.10 Å². The molecule has 2 aliphatic rings. The summed E-state index contributed by atoms with van der Waals surface area (Å²) < 4.78 is 5.44. The molecule has 1 atom stereocenters. The van der Waals surface area contributed by atoms with E-state index in [1.165, 1.54) is 5.01 Å². The number of carbonyl (C=O) groups excluding carboxylic acids is 1. The fraction of sp³-hybridized carbons (Fsp3) is 0.348. The first-order valence-electron chi connectivity index (χ1n) is 11.6. The second kappa shape index (κ2) is 9.43. The van der Waals surface area contributed by atoms with Crippen LogP contribution in [-0.4, -0.2) is 81.3 Å². The minimum Gasteiger partial charge on any atom is -0.378 e. The fourth-order valence-corrected chi connectivity index (χ4v) is 4.55. The maximum absolute atomic E-state index is 13.3. The van der Waals surface area contributed by atoms with Crippen molar-refractivity contribution in [3.8, 4) is 11.4 Å². The van der Waals surface area contributed by atoms with E-state index < -0.39 is 6.04 Å². The molecule has 0 unspecified atom stereocenters. The summed E-state index contributed by atoms with van der Waals surface area (Å²) in [4.78, 5) is 26.0. The first-order chi connectivity index (χ1) is 17.4. The molecule has 1 saturated heterocycles. The number of benzene rings is 1. The van der Waals surface area contributed by atoms with Gasteiger partial charge in [0.2, 0.25) is 5.96 Å². The van der Waals surface area contributed by atoms with Gasteiger partial charge in [-0.15, -0.1) is 5.10 Å². The molecular weight excluding hydrogens is 462 g/mol. The molecule has 0 bridgehead atoms. The lowest BCUT2D eigenvalue weighted by Gasteiger charge is -2.39. The molecule has 1 aromatic carbocycles.